The van der Waals surface area contributed by atoms with Gasteiger partial charge in [0.1, 0.15) is 5.82 Å². The molecule has 1 aliphatic heterocycles. The molecule has 130 valence electrons. The molecule has 0 bridgehead atoms. The van der Waals surface area contributed by atoms with Gasteiger partial charge in [0.05, 0.1) is 11.4 Å². The van der Waals surface area contributed by atoms with E-state index < -0.39 is 10.0 Å². The Balaban J connectivity index is 1.73. The molecule has 2 aromatic rings. The molecule has 0 saturated carbocycles. The molecule has 1 aromatic carbocycles. The second-order valence-corrected chi connectivity index (χ2v) is 8.02. The molecular weight excluding hydrogens is 326 g/mol. The molecule has 0 aliphatic carbocycles. The molecular formula is C16H23N5O2S. The highest BCUT2D eigenvalue weighted by Gasteiger charge is 2.22. The van der Waals surface area contributed by atoms with Gasteiger partial charge in [-0.25, -0.2) is 13.4 Å². The Morgan fingerprint density at radius 3 is 2.79 bits per heavy atom. The van der Waals surface area contributed by atoms with Gasteiger partial charge in [0.25, 0.3) is 0 Å². The zero-order chi connectivity index (χ0) is 17.0. The quantitative estimate of drug-likeness (QED) is 0.800. The zero-order valence-electron chi connectivity index (χ0n) is 13.8. The van der Waals surface area contributed by atoms with Crippen LogP contribution in [0.25, 0.3) is 0 Å². The fourth-order valence-corrected chi connectivity index (χ4v) is 4.00. The van der Waals surface area contributed by atoms with Gasteiger partial charge in [-0.3, -0.25) is 4.90 Å². The first kappa shape index (κ1) is 17.1. The second-order valence-electron chi connectivity index (χ2n) is 5.97. The summed E-state index contributed by atoms with van der Waals surface area (Å²) < 4.78 is 26.8. The molecule has 8 heteroatoms. The average Bonchev–Trinajstić information content (AvgIpc) is 3.09. The zero-order valence-corrected chi connectivity index (χ0v) is 14.6. The normalized spacial score (nSPS) is 16.6. The molecule has 1 aromatic heterocycles. The van der Waals surface area contributed by atoms with E-state index in [0.717, 1.165) is 38.3 Å². The van der Waals surface area contributed by atoms with Crippen molar-refractivity contribution in [2.45, 2.75) is 18.0 Å². The van der Waals surface area contributed by atoms with Crippen molar-refractivity contribution >= 4 is 10.0 Å². The van der Waals surface area contributed by atoms with Gasteiger partial charge in [-0.05, 0) is 17.7 Å². The van der Waals surface area contributed by atoms with E-state index in [4.69, 9.17) is 0 Å². The molecule has 7 nitrogen and oxygen atoms in total. The Morgan fingerprint density at radius 1 is 1.29 bits per heavy atom. The minimum Gasteiger partial charge on any atom is -0.347 e. The summed E-state index contributed by atoms with van der Waals surface area (Å²) in [5.74, 6) is 0.623. The number of rotatable bonds is 6. The van der Waals surface area contributed by atoms with Crippen LogP contribution < -0.4 is 5.32 Å². The summed E-state index contributed by atoms with van der Waals surface area (Å²) in [5, 5.41) is 3.32. The van der Waals surface area contributed by atoms with Gasteiger partial charge in [-0.15, -0.1) is 0 Å². The highest BCUT2D eigenvalue weighted by atomic mass is 32.2. The number of nitrogens with one attached hydrogen (secondary N) is 2. The van der Waals surface area contributed by atoms with Crippen molar-refractivity contribution in [3.8, 4) is 0 Å². The summed E-state index contributed by atoms with van der Waals surface area (Å²) in [6, 6.07) is 7.21. The van der Waals surface area contributed by atoms with Crippen molar-refractivity contribution in [2.24, 2.45) is 0 Å². The third-order valence-corrected chi connectivity index (χ3v) is 5.95. The maximum atomic E-state index is 12.8. The molecule has 1 fully saturated rings. The number of imidazole rings is 1. The number of benzene rings is 1. The lowest BCUT2D eigenvalue weighted by atomic mass is 10.2. The Morgan fingerprint density at radius 2 is 2.08 bits per heavy atom. The predicted octanol–water partition coefficient (Wildman–Crippen LogP) is 0.636. The largest absolute Gasteiger partial charge is 0.347 e. The fourth-order valence-electron chi connectivity index (χ4n) is 2.79. The Hall–Kier alpha value is -1.74. The van der Waals surface area contributed by atoms with E-state index in [0.29, 0.717) is 10.7 Å². The predicted molar refractivity (Wildman–Crippen MR) is 91.8 cm³/mol. The average molecular weight is 349 g/mol. The number of hydrogen-bond donors (Lipinski definition) is 2. The first-order valence-corrected chi connectivity index (χ1v) is 9.46. The molecule has 1 saturated heterocycles. The third kappa shape index (κ3) is 4.02. The van der Waals surface area contributed by atoms with Crippen LogP contribution in [-0.4, -0.2) is 60.8 Å². The highest BCUT2D eigenvalue weighted by molar-refractivity contribution is 7.89. The SMILES string of the molecule is CN(Cc1ncc[nH]1)S(=O)(=O)c1cccc(CN2CCNCC2)c1. The van der Waals surface area contributed by atoms with Crippen LogP contribution in [0.15, 0.2) is 41.6 Å². The minimum atomic E-state index is -3.54. The molecule has 0 amide bonds. The fraction of sp³-hybridized carbons (Fsp3) is 0.438. The lowest BCUT2D eigenvalue weighted by Crippen LogP contribution is -2.42. The van der Waals surface area contributed by atoms with E-state index in [2.05, 4.69) is 20.2 Å². The van der Waals surface area contributed by atoms with Gasteiger partial charge >= 0.3 is 0 Å². The van der Waals surface area contributed by atoms with E-state index in [-0.39, 0.29) is 6.54 Å². The topological polar surface area (TPSA) is 81.3 Å². The summed E-state index contributed by atoms with van der Waals surface area (Å²) >= 11 is 0. The monoisotopic (exact) mass is 349 g/mol. The number of aromatic amines is 1. The molecule has 0 radical (unpaired) electrons. The van der Waals surface area contributed by atoms with Gasteiger partial charge in [0.2, 0.25) is 10.0 Å². The number of aromatic nitrogens is 2. The second kappa shape index (κ2) is 7.43. The molecule has 2 N–H and O–H groups in total. The van der Waals surface area contributed by atoms with Crippen molar-refractivity contribution in [1.82, 2.24) is 24.5 Å². The number of H-pyrrole nitrogens is 1. The van der Waals surface area contributed by atoms with E-state index in [1.54, 1.807) is 31.6 Å². The lowest BCUT2D eigenvalue weighted by molar-refractivity contribution is 0.233. The van der Waals surface area contributed by atoms with Crippen LogP contribution in [0.4, 0.5) is 0 Å². The van der Waals surface area contributed by atoms with Crippen molar-refractivity contribution in [3.05, 3.63) is 48.0 Å². The number of nitrogens with zero attached hydrogens (tertiary/aromatic N) is 3. The van der Waals surface area contributed by atoms with E-state index in [1.807, 2.05) is 12.1 Å². The first-order valence-electron chi connectivity index (χ1n) is 8.02. The Bertz CT molecular complexity index is 755. The third-order valence-electron chi connectivity index (χ3n) is 4.15. The van der Waals surface area contributed by atoms with Gasteiger partial charge < -0.3 is 10.3 Å². The maximum absolute atomic E-state index is 12.8. The molecule has 24 heavy (non-hydrogen) atoms. The van der Waals surface area contributed by atoms with E-state index >= 15 is 0 Å². The van der Waals surface area contributed by atoms with Gasteiger partial charge in [0, 0.05) is 52.2 Å². The van der Waals surface area contributed by atoms with Crippen LogP contribution in [0.1, 0.15) is 11.4 Å². The Kier molecular flexibility index (Phi) is 5.30. The summed E-state index contributed by atoms with van der Waals surface area (Å²) in [6.07, 6.45) is 3.30. The van der Waals surface area contributed by atoms with Crippen molar-refractivity contribution < 1.29 is 8.42 Å². The molecule has 0 unspecified atom stereocenters. The summed E-state index contributed by atoms with van der Waals surface area (Å²) in [4.78, 5) is 9.66. The summed E-state index contributed by atoms with van der Waals surface area (Å²) in [5.41, 5.74) is 1.02. The van der Waals surface area contributed by atoms with E-state index in [9.17, 15) is 8.42 Å². The summed E-state index contributed by atoms with van der Waals surface area (Å²) in [7, 11) is -1.97. The van der Waals surface area contributed by atoms with Crippen molar-refractivity contribution in [1.29, 1.82) is 0 Å². The summed E-state index contributed by atoms with van der Waals surface area (Å²) in [6.45, 7) is 4.91. The molecule has 2 heterocycles. The van der Waals surface area contributed by atoms with Gasteiger partial charge in [-0.1, -0.05) is 12.1 Å². The highest BCUT2D eigenvalue weighted by Crippen LogP contribution is 2.18. The first-order chi connectivity index (χ1) is 11.6. The molecule has 1 aliphatic rings. The number of piperazine rings is 1. The van der Waals surface area contributed by atoms with Crippen LogP contribution in [-0.2, 0) is 23.1 Å². The van der Waals surface area contributed by atoms with Crippen LogP contribution in [0.2, 0.25) is 0 Å². The number of hydrogen-bond acceptors (Lipinski definition) is 5. The molecule has 3 rings (SSSR count). The standard InChI is InChI=1S/C16H23N5O2S/c1-20(13-16-18-5-6-19-16)24(22,23)15-4-2-3-14(11-15)12-21-9-7-17-8-10-21/h2-6,11,17H,7-10,12-13H2,1H3,(H,18,19). The molecule has 0 spiro atoms. The van der Waals surface area contributed by atoms with Crippen LogP contribution >= 0.6 is 0 Å². The Labute approximate surface area is 142 Å². The maximum Gasteiger partial charge on any atom is 0.243 e. The molecule has 0 atom stereocenters. The lowest BCUT2D eigenvalue weighted by Gasteiger charge is -2.27. The minimum absolute atomic E-state index is 0.220. The van der Waals surface area contributed by atoms with E-state index in [1.165, 1.54) is 4.31 Å². The van der Waals surface area contributed by atoms with Crippen LogP contribution in [0, 0.1) is 0 Å². The van der Waals surface area contributed by atoms with Gasteiger partial charge in [0.15, 0.2) is 0 Å². The van der Waals surface area contributed by atoms with Crippen LogP contribution in [0.5, 0.6) is 0 Å². The van der Waals surface area contributed by atoms with Crippen LogP contribution in [0.3, 0.4) is 0 Å². The van der Waals surface area contributed by atoms with Crippen molar-refractivity contribution in [2.75, 3.05) is 33.2 Å². The van der Waals surface area contributed by atoms with Crippen molar-refractivity contribution in [3.63, 3.8) is 0 Å². The number of sulfonamides is 1. The smallest absolute Gasteiger partial charge is 0.243 e. The van der Waals surface area contributed by atoms with Gasteiger partial charge in [-0.2, -0.15) is 4.31 Å².